The highest BCUT2D eigenvalue weighted by atomic mass is 32.1. The molecular formula is C15H25N3OS. The zero-order chi connectivity index (χ0) is 14.2. The van der Waals surface area contributed by atoms with Crippen LogP contribution in [0.3, 0.4) is 0 Å². The van der Waals surface area contributed by atoms with E-state index in [1.54, 1.807) is 0 Å². The molecule has 112 valence electrons. The van der Waals surface area contributed by atoms with E-state index >= 15 is 0 Å². The second-order valence-electron chi connectivity index (χ2n) is 4.93. The van der Waals surface area contributed by atoms with Gasteiger partial charge in [0.2, 0.25) is 0 Å². The van der Waals surface area contributed by atoms with Gasteiger partial charge in [-0.25, -0.2) is 4.99 Å². The monoisotopic (exact) mass is 295 g/mol. The van der Waals surface area contributed by atoms with E-state index < -0.39 is 0 Å². The van der Waals surface area contributed by atoms with Crippen molar-refractivity contribution in [3.8, 4) is 0 Å². The van der Waals surface area contributed by atoms with Crippen molar-refractivity contribution in [2.45, 2.75) is 45.8 Å². The Morgan fingerprint density at radius 2 is 2.20 bits per heavy atom. The standard InChI is InChI=1S/C15H25N3OS/c1-3-13-7-8-14(20-13)11-18-15(16-4-2)17-10-12-6-5-9-19-12/h7-8,12H,3-6,9-11H2,1-2H3,(H2,16,17,18). The van der Waals surface area contributed by atoms with Crippen LogP contribution in [0.15, 0.2) is 17.1 Å². The summed E-state index contributed by atoms with van der Waals surface area (Å²) in [4.78, 5) is 7.38. The van der Waals surface area contributed by atoms with E-state index in [1.807, 2.05) is 11.3 Å². The molecule has 0 saturated carbocycles. The van der Waals surface area contributed by atoms with E-state index in [4.69, 9.17) is 4.74 Å². The van der Waals surface area contributed by atoms with Gasteiger partial charge in [0.05, 0.1) is 12.6 Å². The molecule has 0 radical (unpaired) electrons. The quantitative estimate of drug-likeness (QED) is 0.626. The van der Waals surface area contributed by atoms with Gasteiger partial charge in [-0.15, -0.1) is 11.3 Å². The van der Waals surface area contributed by atoms with Gasteiger partial charge in [-0.05, 0) is 38.3 Å². The highest BCUT2D eigenvalue weighted by Crippen LogP contribution is 2.17. The predicted octanol–water partition coefficient (Wildman–Crippen LogP) is 2.54. The number of hydrogen-bond donors (Lipinski definition) is 2. The van der Waals surface area contributed by atoms with Gasteiger partial charge in [0.1, 0.15) is 0 Å². The Labute approximate surface area is 125 Å². The number of nitrogens with zero attached hydrogens (tertiary/aromatic N) is 1. The van der Waals surface area contributed by atoms with E-state index in [0.717, 1.165) is 45.0 Å². The van der Waals surface area contributed by atoms with Crippen LogP contribution in [0.4, 0.5) is 0 Å². The van der Waals surface area contributed by atoms with Crippen LogP contribution in [0.1, 0.15) is 36.4 Å². The molecular weight excluding hydrogens is 270 g/mol. The maximum absolute atomic E-state index is 5.62. The molecule has 0 spiro atoms. The number of nitrogens with one attached hydrogen (secondary N) is 2. The molecule has 1 saturated heterocycles. The van der Waals surface area contributed by atoms with Crippen LogP contribution in [0.5, 0.6) is 0 Å². The molecule has 2 rings (SSSR count). The Morgan fingerprint density at radius 1 is 1.35 bits per heavy atom. The summed E-state index contributed by atoms with van der Waals surface area (Å²) in [7, 11) is 0. The SMILES string of the molecule is CCNC(=NCc1ccc(CC)s1)NCC1CCCO1. The predicted molar refractivity (Wildman–Crippen MR) is 85.5 cm³/mol. The number of hydrogen-bond acceptors (Lipinski definition) is 3. The highest BCUT2D eigenvalue weighted by Gasteiger charge is 2.15. The molecule has 1 unspecified atom stereocenters. The molecule has 0 aromatic carbocycles. The Kier molecular flexibility index (Phi) is 6.33. The van der Waals surface area contributed by atoms with E-state index in [0.29, 0.717) is 6.10 Å². The molecule has 1 atom stereocenters. The summed E-state index contributed by atoms with van der Waals surface area (Å²) in [5.74, 6) is 0.884. The Morgan fingerprint density at radius 3 is 2.85 bits per heavy atom. The minimum atomic E-state index is 0.340. The molecule has 5 heteroatoms. The Balaban J connectivity index is 1.83. The minimum Gasteiger partial charge on any atom is -0.376 e. The summed E-state index contributed by atoms with van der Waals surface area (Å²) in [5, 5.41) is 6.66. The number of aliphatic imine (C=N–C) groups is 1. The van der Waals surface area contributed by atoms with Crippen molar-refractivity contribution in [3.63, 3.8) is 0 Å². The summed E-state index contributed by atoms with van der Waals surface area (Å²) in [6, 6.07) is 4.37. The fourth-order valence-corrected chi connectivity index (χ4v) is 3.09. The van der Waals surface area contributed by atoms with Crippen LogP contribution in [0.2, 0.25) is 0 Å². The topological polar surface area (TPSA) is 45.7 Å². The fourth-order valence-electron chi connectivity index (χ4n) is 2.21. The van der Waals surface area contributed by atoms with Gasteiger partial charge in [-0.3, -0.25) is 0 Å². The molecule has 2 heterocycles. The number of thiophene rings is 1. The van der Waals surface area contributed by atoms with Crippen molar-refractivity contribution >= 4 is 17.3 Å². The van der Waals surface area contributed by atoms with E-state index in [2.05, 4.69) is 41.6 Å². The molecule has 1 aliphatic rings. The van der Waals surface area contributed by atoms with E-state index in [1.165, 1.54) is 16.2 Å². The van der Waals surface area contributed by atoms with E-state index in [9.17, 15) is 0 Å². The molecule has 0 aliphatic carbocycles. The molecule has 4 nitrogen and oxygen atoms in total. The third-order valence-corrected chi connectivity index (χ3v) is 4.54. The van der Waals surface area contributed by atoms with Crippen LogP contribution in [-0.4, -0.2) is 31.8 Å². The minimum absolute atomic E-state index is 0.340. The average molecular weight is 295 g/mol. The number of guanidine groups is 1. The van der Waals surface area contributed by atoms with Crippen molar-refractivity contribution in [2.75, 3.05) is 19.7 Å². The molecule has 1 aromatic rings. The lowest BCUT2D eigenvalue weighted by molar-refractivity contribution is 0.114. The largest absolute Gasteiger partial charge is 0.376 e. The molecule has 0 bridgehead atoms. The van der Waals surface area contributed by atoms with Crippen LogP contribution >= 0.6 is 11.3 Å². The van der Waals surface area contributed by atoms with Crippen molar-refractivity contribution in [1.82, 2.24) is 10.6 Å². The maximum atomic E-state index is 5.62. The second kappa shape index (κ2) is 8.27. The third-order valence-electron chi connectivity index (χ3n) is 3.32. The van der Waals surface area contributed by atoms with Crippen LogP contribution in [0, 0.1) is 0 Å². The molecule has 0 amide bonds. The van der Waals surface area contributed by atoms with Gasteiger partial charge < -0.3 is 15.4 Å². The zero-order valence-corrected chi connectivity index (χ0v) is 13.3. The van der Waals surface area contributed by atoms with Crippen molar-refractivity contribution in [3.05, 3.63) is 21.9 Å². The second-order valence-corrected chi connectivity index (χ2v) is 6.19. The third kappa shape index (κ3) is 4.80. The first-order chi connectivity index (χ1) is 9.81. The van der Waals surface area contributed by atoms with Crippen LogP contribution in [-0.2, 0) is 17.7 Å². The van der Waals surface area contributed by atoms with Gasteiger partial charge >= 0.3 is 0 Å². The molecule has 20 heavy (non-hydrogen) atoms. The van der Waals surface area contributed by atoms with Crippen LogP contribution < -0.4 is 10.6 Å². The molecule has 1 fully saturated rings. The van der Waals surface area contributed by atoms with Gasteiger partial charge in [0, 0.05) is 29.5 Å². The lowest BCUT2D eigenvalue weighted by atomic mass is 10.2. The first-order valence-electron chi connectivity index (χ1n) is 7.53. The Hall–Kier alpha value is -1.07. The lowest BCUT2D eigenvalue weighted by Crippen LogP contribution is -2.41. The number of rotatable bonds is 6. The fraction of sp³-hybridized carbons (Fsp3) is 0.667. The average Bonchev–Trinajstić information content (AvgIpc) is 3.13. The molecule has 1 aromatic heterocycles. The van der Waals surface area contributed by atoms with Crippen molar-refractivity contribution in [2.24, 2.45) is 4.99 Å². The van der Waals surface area contributed by atoms with Crippen molar-refractivity contribution < 1.29 is 4.74 Å². The first-order valence-corrected chi connectivity index (χ1v) is 8.34. The van der Waals surface area contributed by atoms with Crippen LogP contribution in [0.25, 0.3) is 0 Å². The van der Waals surface area contributed by atoms with Gasteiger partial charge in [-0.1, -0.05) is 6.92 Å². The molecule has 2 N–H and O–H groups in total. The first kappa shape index (κ1) is 15.3. The lowest BCUT2D eigenvalue weighted by Gasteiger charge is -2.14. The summed E-state index contributed by atoms with van der Waals surface area (Å²) < 4.78 is 5.62. The van der Waals surface area contributed by atoms with Gasteiger partial charge in [-0.2, -0.15) is 0 Å². The summed E-state index contributed by atoms with van der Waals surface area (Å²) in [6.45, 7) is 7.63. The normalized spacial score (nSPS) is 19.3. The summed E-state index contributed by atoms with van der Waals surface area (Å²) >= 11 is 1.85. The number of ether oxygens (including phenoxy) is 1. The number of aryl methyl sites for hydroxylation is 1. The summed E-state index contributed by atoms with van der Waals surface area (Å²) in [6.07, 6.45) is 3.77. The zero-order valence-electron chi connectivity index (χ0n) is 12.4. The highest BCUT2D eigenvalue weighted by molar-refractivity contribution is 7.11. The summed E-state index contributed by atoms with van der Waals surface area (Å²) in [5.41, 5.74) is 0. The molecule has 1 aliphatic heterocycles. The maximum Gasteiger partial charge on any atom is 0.191 e. The van der Waals surface area contributed by atoms with Gasteiger partial charge in [0.25, 0.3) is 0 Å². The smallest absolute Gasteiger partial charge is 0.191 e. The van der Waals surface area contributed by atoms with Gasteiger partial charge in [0.15, 0.2) is 5.96 Å². The van der Waals surface area contributed by atoms with E-state index in [-0.39, 0.29) is 0 Å². The Bertz CT molecular complexity index is 425. The van der Waals surface area contributed by atoms with Crippen molar-refractivity contribution in [1.29, 1.82) is 0 Å².